The van der Waals surface area contributed by atoms with Gasteiger partial charge < -0.3 is 0 Å². The van der Waals surface area contributed by atoms with E-state index in [0.29, 0.717) is 12.6 Å². The molecular weight excluding hydrogens is 212 g/mol. The number of para-hydroxylation sites is 1. The van der Waals surface area contributed by atoms with Gasteiger partial charge in [0.25, 0.3) is 0 Å². The van der Waals surface area contributed by atoms with Gasteiger partial charge in [0, 0.05) is 11.4 Å². The van der Waals surface area contributed by atoms with E-state index in [1.54, 1.807) is 0 Å². The summed E-state index contributed by atoms with van der Waals surface area (Å²) in [6.07, 6.45) is 4.23. The Kier molecular flexibility index (Phi) is 2.54. The Morgan fingerprint density at radius 1 is 1.47 bits per heavy atom. The van der Waals surface area contributed by atoms with Crippen molar-refractivity contribution in [3.05, 3.63) is 30.5 Å². The largest absolute Gasteiger partial charge is 0.298 e. The van der Waals surface area contributed by atoms with Crippen molar-refractivity contribution in [1.29, 1.82) is 5.26 Å². The Balaban J connectivity index is 1.81. The van der Waals surface area contributed by atoms with Crippen molar-refractivity contribution in [1.82, 2.24) is 15.1 Å². The van der Waals surface area contributed by atoms with Crippen molar-refractivity contribution in [2.75, 3.05) is 0 Å². The second kappa shape index (κ2) is 4.19. The maximum absolute atomic E-state index is 9.12. The average molecular weight is 226 g/mol. The predicted molar refractivity (Wildman–Crippen MR) is 65.3 cm³/mol. The van der Waals surface area contributed by atoms with Crippen LogP contribution in [0.25, 0.3) is 10.9 Å². The topological polar surface area (TPSA) is 53.6 Å². The lowest BCUT2D eigenvalue weighted by Gasteiger charge is -2.11. The minimum absolute atomic E-state index is 0.147. The lowest BCUT2D eigenvalue weighted by Crippen LogP contribution is -2.33. The van der Waals surface area contributed by atoms with E-state index >= 15 is 0 Å². The fourth-order valence-corrected chi connectivity index (χ4v) is 2.01. The van der Waals surface area contributed by atoms with Gasteiger partial charge in [-0.25, -0.2) is 0 Å². The van der Waals surface area contributed by atoms with Crippen LogP contribution < -0.4 is 5.32 Å². The van der Waals surface area contributed by atoms with E-state index in [2.05, 4.69) is 16.5 Å². The molecule has 4 heteroatoms. The number of rotatable bonds is 4. The van der Waals surface area contributed by atoms with Crippen molar-refractivity contribution in [2.45, 2.75) is 31.5 Å². The molecule has 3 rings (SSSR count). The maximum atomic E-state index is 9.12. The van der Waals surface area contributed by atoms with Gasteiger partial charge in [-0.05, 0) is 18.9 Å². The van der Waals surface area contributed by atoms with Crippen LogP contribution in [-0.4, -0.2) is 21.9 Å². The van der Waals surface area contributed by atoms with Crippen LogP contribution in [0.15, 0.2) is 30.5 Å². The number of nitrogens with one attached hydrogen (secondary N) is 1. The molecule has 86 valence electrons. The van der Waals surface area contributed by atoms with Crippen LogP contribution in [0, 0.1) is 11.3 Å². The molecule has 0 bridgehead atoms. The normalized spacial score (nSPS) is 16.9. The number of benzene rings is 1. The number of fused-ring (bicyclic) bond motifs is 1. The highest BCUT2D eigenvalue weighted by Crippen LogP contribution is 2.20. The van der Waals surface area contributed by atoms with Crippen LogP contribution in [0.3, 0.4) is 0 Å². The highest BCUT2D eigenvalue weighted by atomic mass is 15.3. The molecule has 17 heavy (non-hydrogen) atoms. The number of hydrogen-bond donors (Lipinski definition) is 1. The van der Waals surface area contributed by atoms with E-state index in [1.807, 2.05) is 35.1 Å². The Bertz CT molecular complexity index is 562. The van der Waals surface area contributed by atoms with Crippen LogP contribution >= 0.6 is 0 Å². The summed E-state index contributed by atoms with van der Waals surface area (Å²) in [4.78, 5) is 0. The van der Waals surface area contributed by atoms with Gasteiger partial charge in [-0.15, -0.1) is 0 Å². The molecule has 1 heterocycles. The molecule has 2 aromatic rings. The van der Waals surface area contributed by atoms with Crippen LogP contribution in [0.4, 0.5) is 0 Å². The number of nitriles is 1. The van der Waals surface area contributed by atoms with Gasteiger partial charge in [-0.2, -0.15) is 10.4 Å². The summed E-state index contributed by atoms with van der Waals surface area (Å²) >= 11 is 0. The van der Waals surface area contributed by atoms with Crippen LogP contribution in [0.1, 0.15) is 12.8 Å². The maximum Gasteiger partial charge on any atom is 0.115 e. The summed E-state index contributed by atoms with van der Waals surface area (Å²) in [5.74, 6) is 0. The zero-order valence-corrected chi connectivity index (χ0v) is 9.50. The Morgan fingerprint density at radius 2 is 2.29 bits per heavy atom. The Morgan fingerprint density at radius 3 is 3.06 bits per heavy atom. The SMILES string of the molecule is N#CC(Cn1ncc2ccccc21)NC1CC1. The molecule has 1 aromatic carbocycles. The molecule has 0 aliphatic heterocycles. The summed E-state index contributed by atoms with van der Waals surface area (Å²) < 4.78 is 1.90. The van der Waals surface area contributed by atoms with Gasteiger partial charge in [0.15, 0.2) is 0 Å². The van der Waals surface area contributed by atoms with Crippen molar-refractivity contribution in [3.63, 3.8) is 0 Å². The molecule has 0 radical (unpaired) electrons. The second-order valence-corrected chi connectivity index (χ2v) is 4.51. The van der Waals surface area contributed by atoms with Gasteiger partial charge in [0.1, 0.15) is 6.04 Å². The van der Waals surface area contributed by atoms with Gasteiger partial charge in [-0.3, -0.25) is 10.00 Å². The van der Waals surface area contributed by atoms with Crippen molar-refractivity contribution in [3.8, 4) is 6.07 Å². The first-order valence-corrected chi connectivity index (χ1v) is 5.93. The molecular formula is C13H14N4. The first kappa shape index (κ1) is 10.3. The van der Waals surface area contributed by atoms with Gasteiger partial charge in [0.2, 0.25) is 0 Å². The zero-order valence-electron chi connectivity index (χ0n) is 9.50. The fourth-order valence-electron chi connectivity index (χ4n) is 2.01. The lowest BCUT2D eigenvalue weighted by atomic mass is 10.2. The molecule has 0 spiro atoms. The monoisotopic (exact) mass is 226 g/mol. The molecule has 1 N–H and O–H groups in total. The molecule has 0 amide bonds. The predicted octanol–water partition coefficient (Wildman–Crippen LogP) is 1.68. The number of aromatic nitrogens is 2. The highest BCUT2D eigenvalue weighted by molar-refractivity contribution is 5.78. The molecule has 4 nitrogen and oxygen atoms in total. The first-order chi connectivity index (χ1) is 8.36. The van der Waals surface area contributed by atoms with Crippen molar-refractivity contribution >= 4 is 10.9 Å². The fraction of sp³-hybridized carbons (Fsp3) is 0.385. The van der Waals surface area contributed by atoms with Gasteiger partial charge in [-0.1, -0.05) is 18.2 Å². The third-order valence-corrected chi connectivity index (χ3v) is 3.08. The third-order valence-electron chi connectivity index (χ3n) is 3.08. The summed E-state index contributed by atoms with van der Waals surface area (Å²) in [6.45, 7) is 0.612. The summed E-state index contributed by atoms with van der Waals surface area (Å²) in [6, 6.07) is 10.8. The Hall–Kier alpha value is -1.86. The quantitative estimate of drug-likeness (QED) is 0.863. The van der Waals surface area contributed by atoms with E-state index in [-0.39, 0.29) is 6.04 Å². The van der Waals surface area contributed by atoms with Crippen molar-refractivity contribution in [2.24, 2.45) is 0 Å². The summed E-state index contributed by atoms with van der Waals surface area (Å²) in [5, 5.41) is 17.9. The second-order valence-electron chi connectivity index (χ2n) is 4.51. The average Bonchev–Trinajstić information content (AvgIpc) is 3.09. The van der Waals surface area contributed by atoms with Crippen LogP contribution in [-0.2, 0) is 6.54 Å². The minimum atomic E-state index is -0.147. The molecule has 1 aliphatic rings. The summed E-state index contributed by atoms with van der Waals surface area (Å²) in [5.41, 5.74) is 1.09. The molecule has 1 aliphatic carbocycles. The standard InChI is InChI=1S/C13H14N4/c14-7-12(16-11-5-6-11)9-17-13-4-2-1-3-10(13)8-15-17/h1-4,8,11-12,16H,5-6,9H2. The zero-order chi connectivity index (χ0) is 11.7. The van der Waals surface area contributed by atoms with Crippen LogP contribution in [0.2, 0.25) is 0 Å². The molecule has 1 unspecified atom stereocenters. The number of hydrogen-bond acceptors (Lipinski definition) is 3. The van der Waals surface area contributed by atoms with Crippen molar-refractivity contribution < 1.29 is 0 Å². The van der Waals surface area contributed by atoms with Gasteiger partial charge >= 0.3 is 0 Å². The third kappa shape index (κ3) is 2.15. The molecule has 1 atom stereocenters. The van der Waals surface area contributed by atoms with E-state index in [9.17, 15) is 0 Å². The van der Waals surface area contributed by atoms with E-state index in [1.165, 1.54) is 12.8 Å². The number of nitrogens with zero attached hydrogens (tertiary/aromatic N) is 3. The highest BCUT2D eigenvalue weighted by Gasteiger charge is 2.24. The van der Waals surface area contributed by atoms with E-state index in [0.717, 1.165) is 10.9 Å². The Labute approximate surface area is 99.8 Å². The van der Waals surface area contributed by atoms with E-state index < -0.39 is 0 Å². The minimum Gasteiger partial charge on any atom is -0.298 e. The van der Waals surface area contributed by atoms with E-state index in [4.69, 9.17) is 5.26 Å². The molecule has 0 saturated heterocycles. The molecule has 1 fully saturated rings. The first-order valence-electron chi connectivity index (χ1n) is 5.93. The van der Waals surface area contributed by atoms with Gasteiger partial charge in [0.05, 0.1) is 24.3 Å². The smallest absolute Gasteiger partial charge is 0.115 e. The lowest BCUT2D eigenvalue weighted by molar-refractivity contribution is 0.498. The summed E-state index contributed by atoms with van der Waals surface area (Å²) in [7, 11) is 0. The van der Waals surface area contributed by atoms with Crippen LogP contribution in [0.5, 0.6) is 0 Å². The molecule has 1 saturated carbocycles. The molecule has 1 aromatic heterocycles.